The van der Waals surface area contributed by atoms with Gasteiger partial charge in [-0.3, -0.25) is 0 Å². The molecule has 7 heteroatoms. The molecule has 0 N–H and O–H groups in total. The lowest BCUT2D eigenvalue weighted by Crippen LogP contribution is -1.99. The Hall–Kier alpha value is -0.750. The standard InChI is InChI=1S/C8H6ClF3O2S/c9-15(13,14)4-6-2-1-5(8(11)12)3-7(6)10/h1-3,8H,4H2. The second-order valence-corrected chi connectivity index (χ2v) is 5.61. The largest absolute Gasteiger partial charge is 0.263 e. The van der Waals surface area contributed by atoms with Crippen LogP contribution in [0.2, 0.25) is 0 Å². The smallest absolute Gasteiger partial charge is 0.212 e. The van der Waals surface area contributed by atoms with Gasteiger partial charge in [0.25, 0.3) is 6.43 Å². The molecule has 0 saturated heterocycles. The summed E-state index contributed by atoms with van der Waals surface area (Å²) in [6, 6.07) is 2.55. The topological polar surface area (TPSA) is 34.1 Å². The van der Waals surface area contributed by atoms with Gasteiger partial charge in [0, 0.05) is 21.8 Å². The van der Waals surface area contributed by atoms with Gasteiger partial charge in [0.1, 0.15) is 5.82 Å². The van der Waals surface area contributed by atoms with Crippen molar-refractivity contribution >= 4 is 19.7 Å². The van der Waals surface area contributed by atoms with E-state index >= 15 is 0 Å². The highest BCUT2D eigenvalue weighted by Crippen LogP contribution is 2.22. The number of halogens is 4. The number of rotatable bonds is 3. The third-order valence-corrected chi connectivity index (χ3v) is 2.64. The Labute approximate surface area is 89.1 Å². The zero-order chi connectivity index (χ0) is 11.6. The van der Waals surface area contributed by atoms with Crippen LogP contribution in [-0.4, -0.2) is 8.42 Å². The summed E-state index contributed by atoms with van der Waals surface area (Å²) in [7, 11) is 1.01. The Morgan fingerprint density at radius 3 is 2.33 bits per heavy atom. The van der Waals surface area contributed by atoms with E-state index < -0.39 is 32.6 Å². The molecule has 1 aromatic carbocycles. The zero-order valence-electron chi connectivity index (χ0n) is 7.25. The van der Waals surface area contributed by atoms with Crippen LogP contribution in [0.4, 0.5) is 13.2 Å². The molecular weight excluding hydrogens is 253 g/mol. The molecule has 0 heterocycles. The fourth-order valence-electron chi connectivity index (χ4n) is 1.00. The molecule has 84 valence electrons. The van der Waals surface area contributed by atoms with Gasteiger partial charge >= 0.3 is 0 Å². The Bertz CT molecular complexity index is 459. The van der Waals surface area contributed by atoms with E-state index in [1.54, 1.807) is 0 Å². The van der Waals surface area contributed by atoms with Crippen molar-refractivity contribution in [2.24, 2.45) is 0 Å². The molecule has 0 atom stereocenters. The Kier molecular flexibility index (Phi) is 3.62. The van der Waals surface area contributed by atoms with Crippen molar-refractivity contribution < 1.29 is 21.6 Å². The summed E-state index contributed by atoms with van der Waals surface area (Å²) < 4.78 is 58.5. The van der Waals surface area contributed by atoms with Crippen LogP contribution in [0.3, 0.4) is 0 Å². The molecule has 2 nitrogen and oxygen atoms in total. The summed E-state index contributed by atoms with van der Waals surface area (Å²) in [4.78, 5) is 0. The summed E-state index contributed by atoms with van der Waals surface area (Å²) in [5.41, 5.74) is -0.724. The average molecular weight is 259 g/mol. The summed E-state index contributed by atoms with van der Waals surface area (Å²) in [6.45, 7) is 0. The highest BCUT2D eigenvalue weighted by molar-refractivity contribution is 8.13. The average Bonchev–Trinajstić information content (AvgIpc) is 2.05. The van der Waals surface area contributed by atoms with Gasteiger partial charge in [-0.1, -0.05) is 12.1 Å². The van der Waals surface area contributed by atoms with E-state index in [0.29, 0.717) is 6.07 Å². The minimum Gasteiger partial charge on any atom is -0.212 e. The van der Waals surface area contributed by atoms with E-state index in [9.17, 15) is 21.6 Å². The van der Waals surface area contributed by atoms with E-state index in [1.807, 2.05) is 0 Å². The number of hydrogen-bond acceptors (Lipinski definition) is 2. The second-order valence-electron chi connectivity index (χ2n) is 2.83. The Balaban J connectivity index is 3.04. The Morgan fingerprint density at radius 2 is 1.93 bits per heavy atom. The highest BCUT2D eigenvalue weighted by Gasteiger charge is 2.14. The molecule has 0 fully saturated rings. The van der Waals surface area contributed by atoms with Crippen LogP contribution in [0.25, 0.3) is 0 Å². The van der Waals surface area contributed by atoms with E-state index in [2.05, 4.69) is 0 Å². The number of hydrogen-bond donors (Lipinski definition) is 0. The SMILES string of the molecule is O=S(=O)(Cl)Cc1ccc(C(F)F)cc1F. The monoisotopic (exact) mass is 258 g/mol. The van der Waals surface area contributed by atoms with Crippen LogP contribution in [0.15, 0.2) is 18.2 Å². The third kappa shape index (κ3) is 3.71. The predicted molar refractivity (Wildman–Crippen MR) is 49.8 cm³/mol. The molecule has 1 rings (SSSR count). The first-order valence-corrected chi connectivity index (χ1v) is 6.26. The summed E-state index contributed by atoms with van der Waals surface area (Å²) >= 11 is 0. The first kappa shape index (κ1) is 12.3. The normalized spacial score (nSPS) is 12.1. The maximum Gasteiger partial charge on any atom is 0.263 e. The quantitative estimate of drug-likeness (QED) is 0.782. The fourth-order valence-corrected chi connectivity index (χ4v) is 1.96. The van der Waals surface area contributed by atoms with Crippen LogP contribution in [0.1, 0.15) is 17.6 Å². The van der Waals surface area contributed by atoms with Gasteiger partial charge < -0.3 is 0 Å². The van der Waals surface area contributed by atoms with Crippen molar-refractivity contribution in [1.29, 1.82) is 0 Å². The van der Waals surface area contributed by atoms with Crippen molar-refractivity contribution in [2.75, 3.05) is 0 Å². The van der Waals surface area contributed by atoms with Crippen molar-refractivity contribution in [2.45, 2.75) is 12.2 Å². The van der Waals surface area contributed by atoms with Crippen LogP contribution in [-0.2, 0) is 14.8 Å². The van der Waals surface area contributed by atoms with Gasteiger partial charge in [0.15, 0.2) is 0 Å². The maximum absolute atomic E-state index is 13.1. The van der Waals surface area contributed by atoms with Gasteiger partial charge in [0.2, 0.25) is 9.05 Å². The molecule has 0 spiro atoms. The van der Waals surface area contributed by atoms with E-state index in [1.165, 1.54) is 0 Å². The lowest BCUT2D eigenvalue weighted by Gasteiger charge is -2.03. The van der Waals surface area contributed by atoms with Crippen molar-refractivity contribution in [3.05, 3.63) is 35.1 Å². The van der Waals surface area contributed by atoms with Gasteiger partial charge in [-0.2, -0.15) is 0 Å². The van der Waals surface area contributed by atoms with Gasteiger partial charge in [-0.05, 0) is 6.07 Å². The molecule has 0 radical (unpaired) electrons. The van der Waals surface area contributed by atoms with E-state index in [0.717, 1.165) is 12.1 Å². The highest BCUT2D eigenvalue weighted by atomic mass is 35.7. The zero-order valence-corrected chi connectivity index (χ0v) is 8.83. The van der Waals surface area contributed by atoms with E-state index in [-0.39, 0.29) is 5.56 Å². The third-order valence-electron chi connectivity index (χ3n) is 1.66. The number of benzene rings is 1. The van der Waals surface area contributed by atoms with Crippen LogP contribution in [0.5, 0.6) is 0 Å². The fraction of sp³-hybridized carbons (Fsp3) is 0.250. The molecule has 0 aliphatic heterocycles. The molecule has 0 saturated carbocycles. The molecule has 0 aromatic heterocycles. The first-order valence-electron chi connectivity index (χ1n) is 3.78. The van der Waals surface area contributed by atoms with Crippen molar-refractivity contribution in [3.63, 3.8) is 0 Å². The van der Waals surface area contributed by atoms with Gasteiger partial charge in [-0.25, -0.2) is 21.6 Å². The maximum atomic E-state index is 13.1. The predicted octanol–water partition coefficient (Wildman–Crippen LogP) is 2.83. The molecular formula is C8H6ClF3O2S. The van der Waals surface area contributed by atoms with Crippen LogP contribution in [0, 0.1) is 5.82 Å². The summed E-state index contributed by atoms with van der Waals surface area (Å²) in [6.07, 6.45) is -2.79. The van der Waals surface area contributed by atoms with Crippen molar-refractivity contribution in [1.82, 2.24) is 0 Å². The van der Waals surface area contributed by atoms with Crippen LogP contribution >= 0.6 is 10.7 Å². The van der Waals surface area contributed by atoms with Gasteiger partial charge in [-0.15, -0.1) is 0 Å². The van der Waals surface area contributed by atoms with Gasteiger partial charge in [0.05, 0.1) is 5.75 Å². The van der Waals surface area contributed by atoms with E-state index in [4.69, 9.17) is 10.7 Å². The molecule has 0 bridgehead atoms. The molecule has 0 aliphatic rings. The molecule has 15 heavy (non-hydrogen) atoms. The number of alkyl halides is 2. The first-order chi connectivity index (χ1) is 6.79. The molecule has 0 amide bonds. The minimum atomic E-state index is -3.89. The molecule has 0 unspecified atom stereocenters. The second kappa shape index (κ2) is 4.40. The lowest BCUT2D eigenvalue weighted by atomic mass is 10.1. The van der Waals surface area contributed by atoms with Crippen molar-refractivity contribution in [3.8, 4) is 0 Å². The lowest BCUT2D eigenvalue weighted by molar-refractivity contribution is 0.151. The van der Waals surface area contributed by atoms with Crippen LogP contribution < -0.4 is 0 Å². The summed E-state index contributed by atoms with van der Waals surface area (Å²) in [5.74, 6) is -1.72. The minimum absolute atomic E-state index is 0.227. The Morgan fingerprint density at radius 1 is 1.33 bits per heavy atom. The molecule has 1 aromatic rings. The molecule has 0 aliphatic carbocycles. The summed E-state index contributed by atoms with van der Waals surface area (Å²) in [5, 5.41) is 0.